The summed E-state index contributed by atoms with van der Waals surface area (Å²) < 4.78 is 22.3. The normalized spacial score (nSPS) is 11.2. The number of hydrogen-bond donors (Lipinski definition) is 1. The van der Waals surface area contributed by atoms with Crippen LogP contribution < -0.4 is 14.2 Å². The summed E-state index contributed by atoms with van der Waals surface area (Å²) in [7, 11) is 1.61. The van der Waals surface area contributed by atoms with Gasteiger partial charge in [0.05, 0.1) is 26.9 Å². The maximum atomic E-state index is 11.1. The fourth-order valence-electron chi connectivity index (χ4n) is 3.29. The van der Waals surface area contributed by atoms with Crippen LogP contribution in [0.3, 0.4) is 0 Å². The lowest BCUT2D eigenvalue weighted by molar-refractivity contribution is -0.136. The number of carboxylic acid groups (broad SMARTS) is 1. The number of ether oxygens (including phenoxy) is 4. The molecule has 1 N–H and O–H groups in total. The minimum Gasteiger partial charge on any atom is -0.494 e. The van der Waals surface area contributed by atoms with Gasteiger partial charge < -0.3 is 24.1 Å². The van der Waals surface area contributed by atoms with Gasteiger partial charge in [-0.3, -0.25) is 0 Å². The Morgan fingerprint density at radius 2 is 1.67 bits per heavy atom. The van der Waals surface area contributed by atoms with Crippen LogP contribution >= 0.6 is 0 Å². The topological polar surface area (TPSA) is 74.2 Å². The number of unbranched alkanes of at least 4 members (excludes halogenated alkanes) is 2. The molecule has 6 nitrogen and oxygen atoms in total. The number of carbonyl (C=O) groups is 1. The van der Waals surface area contributed by atoms with Crippen LogP contribution in [0.5, 0.6) is 17.2 Å². The predicted octanol–water partition coefficient (Wildman–Crippen LogP) is 5.82. The Kier molecular flexibility index (Phi) is 11.7. The summed E-state index contributed by atoms with van der Waals surface area (Å²) in [5, 5.41) is 9.11. The summed E-state index contributed by atoms with van der Waals surface area (Å²) in [6.45, 7) is 5.57. The highest BCUT2D eigenvalue weighted by Gasteiger charge is 2.09. The SMILES string of the molecule is CCCCCOc1ccc(CCOc2ccc(CCC=C(OCC)C(=O)O)cc2OC)cc1. The molecule has 2 rings (SSSR count). The summed E-state index contributed by atoms with van der Waals surface area (Å²) in [6, 6.07) is 13.9. The Hall–Kier alpha value is -3.15. The average molecular weight is 457 g/mol. The third kappa shape index (κ3) is 9.48. The van der Waals surface area contributed by atoms with Gasteiger partial charge in [-0.15, -0.1) is 0 Å². The molecule has 0 amide bonds. The van der Waals surface area contributed by atoms with Crippen LogP contribution in [-0.2, 0) is 22.4 Å². The van der Waals surface area contributed by atoms with Crippen molar-refractivity contribution in [2.45, 2.75) is 52.4 Å². The molecule has 6 heteroatoms. The smallest absolute Gasteiger partial charge is 0.370 e. The molecule has 0 aliphatic rings. The van der Waals surface area contributed by atoms with Gasteiger partial charge in [-0.1, -0.05) is 38.0 Å². The molecule has 2 aromatic rings. The van der Waals surface area contributed by atoms with Crippen LogP contribution in [0.15, 0.2) is 54.3 Å². The summed E-state index contributed by atoms with van der Waals surface area (Å²) in [4.78, 5) is 11.1. The van der Waals surface area contributed by atoms with Crippen molar-refractivity contribution in [2.24, 2.45) is 0 Å². The standard InChI is InChI=1S/C27H36O6/c1-4-6-7-18-32-23-14-11-21(12-15-23)17-19-33-24-16-13-22(20-26(24)30-3)9-8-10-25(27(28)29)31-5-2/h10-16,20H,4-9,17-19H2,1-3H3,(H,28,29). The van der Waals surface area contributed by atoms with Crippen molar-refractivity contribution in [2.75, 3.05) is 26.9 Å². The molecule has 0 fully saturated rings. The van der Waals surface area contributed by atoms with E-state index < -0.39 is 5.97 Å². The summed E-state index contributed by atoms with van der Waals surface area (Å²) in [6.07, 6.45) is 7.08. The molecule has 180 valence electrons. The van der Waals surface area contributed by atoms with E-state index in [0.717, 1.165) is 30.8 Å². The zero-order chi connectivity index (χ0) is 23.9. The first-order valence-corrected chi connectivity index (χ1v) is 11.6. The summed E-state index contributed by atoms with van der Waals surface area (Å²) >= 11 is 0. The van der Waals surface area contributed by atoms with E-state index in [0.29, 0.717) is 37.6 Å². The van der Waals surface area contributed by atoms with E-state index in [1.54, 1.807) is 20.1 Å². The van der Waals surface area contributed by atoms with Gasteiger partial charge in [0.15, 0.2) is 17.3 Å². The van der Waals surface area contributed by atoms with Crippen LogP contribution in [0.25, 0.3) is 0 Å². The second kappa shape index (κ2) is 14.8. The minimum atomic E-state index is -1.05. The van der Waals surface area contributed by atoms with E-state index >= 15 is 0 Å². The van der Waals surface area contributed by atoms with Crippen LogP contribution in [0, 0.1) is 0 Å². The molecule has 0 bridgehead atoms. The van der Waals surface area contributed by atoms with Gasteiger partial charge in [0, 0.05) is 6.42 Å². The fourth-order valence-corrected chi connectivity index (χ4v) is 3.29. The molecule has 0 aliphatic carbocycles. The van der Waals surface area contributed by atoms with Crippen molar-refractivity contribution in [3.63, 3.8) is 0 Å². The van der Waals surface area contributed by atoms with Gasteiger partial charge in [-0.25, -0.2) is 4.79 Å². The zero-order valence-electron chi connectivity index (χ0n) is 20.0. The van der Waals surface area contributed by atoms with E-state index in [-0.39, 0.29) is 5.76 Å². The van der Waals surface area contributed by atoms with Crippen molar-refractivity contribution >= 4 is 5.97 Å². The van der Waals surface area contributed by atoms with Crippen LogP contribution in [0.2, 0.25) is 0 Å². The number of aliphatic carboxylic acids is 1. The number of allylic oxidation sites excluding steroid dienone is 1. The number of hydrogen-bond acceptors (Lipinski definition) is 5. The highest BCUT2D eigenvalue weighted by atomic mass is 16.5. The Morgan fingerprint density at radius 1 is 0.909 bits per heavy atom. The van der Waals surface area contributed by atoms with E-state index in [4.69, 9.17) is 24.1 Å². The first kappa shape index (κ1) is 26.1. The maximum absolute atomic E-state index is 11.1. The van der Waals surface area contributed by atoms with Gasteiger partial charge in [0.25, 0.3) is 0 Å². The Morgan fingerprint density at radius 3 is 2.33 bits per heavy atom. The van der Waals surface area contributed by atoms with Gasteiger partial charge >= 0.3 is 5.97 Å². The number of carboxylic acids is 1. The molecular weight excluding hydrogens is 420 g/mol. The Bertz CT molecular complexity index is 873. The Labute approximate surface area is 197 Å². The lowest BCUT2D eigenvalue weighted by Crippen LogP contribution is -2.05. The van der Waals surface area contributed by atoms with Crippen LogP contribution in [0.1, 0.15) is 50.7 Å². The van der Waals surface area contributed by atoms with Crippen molar-refractivity contribution in [1.29, 1.82) is 0 Å². The van der Waals surface area contributed by atoms with E-state index in [1.807, 2.05) is 30.3 Å². The van der Waals surface area contributed by atoms with Crippen molar-refractivity contribution in [3.8, 4) is 17.2 Å². The largest absolute Gasteiger partial charge is 0.494 e. The first-order chi connectivity index (χ1) is 16.1. The molecule has 33 heavy (non-hydrogen) atoms. The van der Waals surface area contributed by atoms with Crippen LogP contribution in [-0.4, -0.2) is 38.0 Å². The third-order valence-corrected chi connectivity index (χ3v) is 5.09. The lowest BCUT2D eigenvalue weighted by Gasteiger charge is -2.12. The molecule has 0 unspecified atom stereocenters. The number of benzene rings is 2. The lowest BCUT2D eigenvalue weighted by atomic mass is 10.1. The van der Waals surface area contributed by atoms with Gasteiger partial charge in [-0.2, -0.15) is 0 Å². The van der Waals surface area contributed by atoms with Gasteiger partial charge in [-0.05, 0) is 67.7 Å². The number of aryl methyl sites for hydroxylation is 1. The number of rotatable bonds is 16. The molecule has 0 aromatic heterocycles. The summed E-state index contributed by atoms with van der Waals surface area (Å²) in [5.41, 5.74) is 2.22. The minimum absolute atomic E-state index is 0.0134. The van der Waals surface area contributed by atoms with Crippen molar-refractivity contribution in [3.05, 3.63) is 65.4 Å². The molecule has 2 aromatic carbocycles. The molecule has 0 aliphatic heterocycles. The van der Waals surface area contributed by atoms with Crippen molar-refractivity contribution < 1.29 is 28.8 Å². The first-order valence-electron chi connectivity index (χ1n) is 11.6. The maximum Gasteiger partial charge on any atom is 0.370 e. The van der Waals surface area contributed by atoms with E-state index in [1.165, 1.54) is 18.4 Å². The van der Waals surface area contributed by atoms with Crippen LogP contribution in [0.4, 0.5) is 0 Å². The molecule has 0 saturated heterocycles. The predicted molar refractivity (Wildman–Crippen MR) is 129 cm³/mol. The summed E-state index contributed by atoms with van der Waals surface area (Å²) in [5.74, 6) is 1.19. The van der Waals surface area contributed by atoms with Gasteiger partial charge in [0.1, 0.15) is 5.75 Å². The number of methoxy groups -OCH3 is 1. The average Bonchev–Trinajstić information content (AvgIpc) is 2.82. The molecule has 0 atom stereocenters. The monoisotopic (exact) mass is 456 g/mol. The molecule has 0 spiro atoms. The highest BCUT2D eigenvalue weighted by Crippen LogP contribution is 2.29. The molecular formula is C27H36O6. The highest BCUT2D eigenvalue weighted by molar-refractivity contribution is 5.84. The molecule has 0 radical (unpaired) electrons. The Balaban J connectivity index is 1.83. The molecule has 0 heterocycles. The van der Waals surface area contributed by atoms with E-state index in [2.05, 4.69) is 19.1 Å². The third-order valence-electron chi connectivity index (χ3n) is 5.09. The fraction of sp³-hybridized carbons (Fsp3) is 0.444. The van der Waals surface area contributed by atoms with Gasteiger partial charge in [0.2, 0.25) is 0 Å². The van der Waals surface area contributed by atoms with E-state index in [9.17, 15) is 4.79 Å². The second-order valence-corrected chi connectivity index (χ2v) is 7.63. The quantitative estimate of drug-likeness (QED) is 0.195. The molecule has 0 saturated carbocycles. The zero-order valence-corrected chi connectivity index (χ0v) is 20.0. The second-order valence-electron chi connectivity index (χ2n) is 7.63. The van der Waals surface area contributed by atoms with Crippen molar-refractivity contribution in [1.82, 2.24) is 0 Å².